The summed E-state index contributed by atoms with van der Waals surface area (Å²) in [6, 6.07) is 9.85. The molecule has 0 N–H and O–H groups in total. The van der Waals surface area contributed by atoms with Crippen LogP contribution in [-0.2, 0) is 11.2 Å². The first-order chi connectivity index (χ1) is 11.7. The van der Waals surface area contributed by atoms with Gasteiger partial charge < -0.3 is 19.3 Å². The Bertz CT molecular complexity index is 680. The van der Waals surface area contributed by atoms with Gasteiger partial charge in [0.25, 0.3) is 0 Å². The van der Waals surface area contributed by atoms with Gasteiger partial charge in [0, 0.05) is 37.1 Å². The van der Waals surface area contributed by atoms with Crippen molar-refractivity contribution in [2.45, 2.75) is 6.42 Å². The van der Waals surface area contributed by atoms with E-state index in [1.807, 2.05) is 40.6 Å². The zero-order valence-electron chi connectivity index (χ0n) is 14.0. The highest BCUT2D eigenvalue weighted by Gasteiger charge is 2.23. The second kappa shape index (κ2) is 7.57. The van der Waals surface area contributed by atoms with Crippen molar-refractivity contribution in [1.82, 2.24) is 4.90 Å². The smallest absolute Gasteiger partial charge is 0.227 e. The van der Waals surface area contributed by atoms with Crippen LogP contribution in [0.3, 0.4) is 0 Å². The zero-order valence-corrected chi connectivity index (χ0v) is 14.8. The number of amides is 1. The Hall–Kier alpha value is -2.21. The standard InChI is InChI=1S/C18H22N2O3S/c1-22-14-5-6-16(17(12-14)23-2)19-7-9-20(10-8-19)18(21)13-15-4-3-11-24-15/h3-6,11-12H,7-10,13H2,1-2H3. The Kier molecular flexibility index (Phi) is 5.25. The summed E-state index contributed by atoms with van der Waals surface area (Å²) in [6.45, 7) is 3.08. The lowest BCUT2D eigenvalue weighted by Crippen LogP contribution is -2.49. The number of rotatable bonds is 5. The summed E-state index contributed by atoms with van der Waals surface area (Å²) in [4.78, 5) is 17.7. The zero-order chi connectivity index (χ0) is 16.9. The van der Waals surface area contributed by atoms with Crippen molar-refractivity contribution in [3.63, 3.8) is 0 Å². The minimum atomic E-state index is 0.207. The molecule has 3 rings (SSSR count). The monoisotopic (exact) mass is 346 g/mol. The largest absolute Gasteiger partial charge is 0.497 e. The molecule has 0 spiro atoms. The van der Waals surface area contributed by atoms with E-state index in [9.17, 15) is 4.79 Å². The molecule has 5 nitrogen and oxygen atoms in total. The molecule has 2 heterocycles. The number of nitrogens with zero attached hydrogens (tertiary/aromatic N) is 2. The number of thiophene rings is 1. The van der Waals surface area contributed by atoms with Crippen molar-refractivity contribution in [3.05, 3.63) is 40.6 Å². The topological polar surface area (TPSA) is 42.0 Å². The fourth-order valence-electron chi connectivity index (χ4n) is 2.92. The molecule has 0 atom stereocenters. The molecule has 0 saturated carbocycles. The Labute approximate surface area is 146 Å². The van der Waals surface area contributed by atoms with E-state index < -0.39 is 0 Å². The predicted octanol–water partition coefficient (Wildman–Crippen LogP) is 2.66. The molecule has 6 heteroatoms. The van der Waals surface area contributed by atoms with Crippen LogP contribution >= 0.6 is 11.3 Å². The van der Waals surface area contributed by atoms with Crippen molar-refractivity contribution in [3.8, 4) is 11.5 Å². The van der Waals surface area contributed by atoms with Gasteiger partial charge in [-0.3, -0.25) is 4.79 Å². The lowest BCUT2D eigenvalue weighted by atomic mass is 10.2. The van der Waals surface area contributed by atoms with Crippen LogP contribution < -0.4 is 14.4 Å². The second-order valence-corrected chi connectivity index (χ2v) is 6.69. The van der Waals surface area contributed by atoms with E-state index >= 15 is 0 Å². The van der Waals surface area contributed by atoms with Crippen molar-refractivity contribution < 1.29 is 14.3 Å². The molecule has 1 aromatic heterocycles. The lowest BCUT2D eigenvalue weighted by molar-refractivity contribution is -0.130. The second-order valence-electron chi connectivity index (χ2n) is 5.66. The van der Waals surface area contributed by atoms with Gasteiger partial charge in [0.1, 0.15) is 11.5 Å². The molecule has 0 radical (unpaired) electrons. The molecule has 0 unspecified atom stereocenters. The van der Waals surface area contributed by atoms with Crippen LogP contribution in [0.2, 0.25) is 0 Å². The first-order valence-corrected chi connectivity index (χ1v) is 8.86. The van der Waals surface area contributed by atoms with Gasteiger partial charge in [-0.15, -0.1) is 11.3 Å². The first kappa shape index (κ1) is 16.6. The van der Waals surface area contributed by atoms with Gasteiger partial charge in [0.05, 0.1) is 26.3 Å². The molecule has 0 bridgehead atoms. The van der Waals surface area contributed by atoms with Gasteiger partial charge in [-0.25, -0.2) is 0 Å². The van der Waals surface area contributed by atoms with Gasteiger partial charge in [-0.1, -0.05) is 6.07 Å². The van der Waals surface area contributed by atoms with E-state index in [0.717, 1.165) is 48.2 Å². The number of carbonyl (C=O) groups excluding carboxylic acids is 1. The Morgan fingerprint density at radius 2 is 1.92 bits per heavy atom. The molecular formula is C18H22N2O3S. The Morgan fingerprint density at radius 3 is 2.54 bits per heavy atom. The minimum Gasteiger partial charge on any atom is -0.497 e. The molecule has 24 heavy (non-hydrogen) atoms. The SMILES string of the molecule is COc1ccc(N2CCN(C(=O)Cc3cccs3)CC2)c(OC)c1. The van der Waals surface area contributed by atoms with Gasteiger partial charge in [0.15, 0.2) is 0 Å². The number of carbonyl (C=O) groups is 1. The van der Waals surface area contributed by atoms with Crippen LogP contribution in [0.25, 0.3) is 0 Å². The highest BCUT2D eigenvalue weighted by atomic mass is 32.1. The summed E-state index contributed by atoms with van der Waals surface area (Å²) in [7, 11) is 3.31. The predicted molar refractivity (Wildman–Crippen MR) is 96.4 cm³/mol. The number of hydrogen-bond donors (Lipinski definition) is 0. The van der Waals surface area contributed by atoms with E-state index in [-0.39, 0.29) is 5.91 Å². The molecular weight excluding hydrogens is 324 g/mol. The molecule has 1 aliphatic heterocycles. The van der Waals surface area contributed by atoms with Gasteiger partial charge in [-0.2, -0.15) is 0 Å². The fourth-order valence-corrected chi connectivity index (χ4v) is 3.61. The van der Waals surface area contributed by atoms with Gasteiger partial charge >= 0.3 is 0 Å². The maximum absolute atomic E-state index is 12.4. The summed E-state index contributed by atoms with van der Waals surface area (Å²) in [5, 5.41) is 2.01. The van der Waals surface area contributed by atoms with E-state index in [0.29, 0.717) is 6.42 Å². The number of ether oxygens (including phenoxy) is 2. The molecule has 0 aliphatic carbocycles. The van der Waals surface area contributed by atoms with Crippen molar-refractivity contribution in [2.24, 2.45) is 0 Å². The average molecular weight is 346 g/mol. The van der Waals surface area contributed by atoms with Gasteiger partial charge in [-0.05, 0) is 23.6 Å². The molecule has 2 aromatic rings. The molecule has 128 valence electrons. The number of hydrogen-bond acceptors (Lipinski definition) is 5. The molecule has 1 saturated heterocycles. The third-order valence-corrected chi connectivity index (χ3v) is 5.14. The Morgan fingerprint density at radius 1 is 1.12 bits per heavy atom. The highest BCUT2D eigenvalue weighted by Crippen LogP contribution is 2.32. The summed E-state index contributed by atoms with van der Waals surface area (Å²) >= 11 is 1.63. The first-order valence-electron chi connectivity index (χ1n) is 7.98. The van der Waals surface area contributed by atoms with E-state index in [4.69, 9.17) is 9.47 Å². The summed E-state index contributed by atoms with van der Waals surface area (Å²) in [5.41, 5.74) is 1.05. The maximum Gasteiger partial charge on any atom is 0.227 e. The van der Waals surface area contributed by atoms with Crippen LogP contribution in [-0.4, -0.2) is 51.2 Å². The minimum absolute atomic E-state index is 0.207. The lowest BCUT2D eigenvalue weighted by Gasteiger charge is -2.36. The molecule has 1 aromatic carbocycles. The number of piperazine rings is 1. The molecule has 1 aliphatic rings. The van der Waals surface area contributed by atoms with Crippen molar-refractivity contribution in [1.29, 1.82) is 0 Å². The van der Waals surface area contributed by atoms with Gasteiger partial charge in [0.2, 0.25) is 5.91 Å². The molecule has 1 fully saturated rings. The molecule has 1 amide bonds. The quantitative estimate of drug-likeness (QED) is 0.835. The summed E-state index contributed by atoms with van der Waals surface area (Å²) in [6.07, 6.45) is 0.503. The van der Waals surface area contributed by atoms with Crippen LogP contribution in [0.5, 0.6) is 11.5 Å². The fraction of sp³-hybridized carbons (Fsp3) is 0.389. The van der Waals surface area contributed by atoms with Crippen LogP contribution in [0, 0.1) is 0 Å². The highest BCUT2D eigenvalue weighted by molar-refractivity contribution is 7.10. The van der Waals surface area contributed by atoms with E-state index in [1.54, 1.807) is 25.6 Å². The average Bonchev–Trinajstić information content (AvgIpc) is 3.14. The van der Waals surface area contributed by atoms with Crippen molar-refractivity contribution >= 4 is 22.9 Å². The maximum atomic E-state index is 12.4. The van der Waals surface area contributed by atoms with Crippen LogP contribution in [0.1, 0.15) is 4.88 Å². The van der Waals surface area contributed by atoms with Crippen molar-refractivity contribution in [2.75, 3.05) is 45.3 Å². The van der Waals surface area contributed by atoms with Crippen LogP contribution in [0.15, 0.2) is 35.7 Å². The summed E-state index contributed by atoms with van der Waals surface area (Å²) in [5.74, 6) is 1.78. The van der Waals surface area contributed by atoms with E-state index in [2.05, 4.69) is 4.90 Å². The third kappa shape index (κ3) is 3.64. The number of methoxy groups -OCH3 is 2. The third-order valence-electron chi connectivity index (χ3n) is 4.27. The van der Waals surface area contributed by atoms with E-state index in [1.165, 1.54) is 0 Å². The Balaban J connectivity index is 1.61. The number of anilines is 1. The van der Waals surface area contributed by atoms with Crippen LogP contribution in [0.4, 0.5) is 5.69 Å². The summed E-state index contributed by atoms with van der Waals surface area (Å²) < 4.78 is 10.7. The normalized spacial score (nSPS) is 14.6. The number of benzene rings is 1.